The highest BCUT2D eigenvalue weighted by atomic mass is 35.5. The summed E-state index contributed by atoms with van der Waals surface area (Å²) in [5.74, 6) is 0.205. The van der Waals surface area contributed by atoms with Crippen molar-refractivity contribution in [1.82, 2.24) is 9.97 Å². The summed E-state index contributed by atoms with van der Waals surface area (Å²) in [6.45, 7) is 0. The average Bonchev–Trinajstić information content (AvgIpc) is 2.54. The van der Waals surface area contributed by atoms with Crippen LogP contribution >= 0.6 is 11.6 Å². The van der Waals surface area contributed by atoms with Gasteiger partial charge in [0.15, 0.2) is 5.82 Å². The molecule has 0 saturated carbocycles. The lowest BCUT2D eigenvalue weighted by molar-refractivity contribution is 0.594. The van der Waals surface area contributed by atoms with Gasteiger partial charge in [-0.05, 0) is 36.4 Å². The van der Waals surface area contributed by atoms with Crippen LogP contribution in [0.2, 0.25) is 5.02 Å². The molecule has 1 aromatic heterocycles. The molecule has 0 radical (unpaired) electrons. The number of anilines is 2. The van der Waals surface area contributed by atoms with Crippen LogP contribution in [0.3, 0.4) is 0 Å². The summed E-state index contributed by atoms with van der Waals surface area (Å²) in [5.41, 5.74) is 7.13. The van der Waals surface area contributed by atoms with Gasteiger partial charge in [0.1, 0.15) is 5.52 Å². The Morgan fingerprint density at radius 2 is 1.83 bits per heavy atom. The van der Waals surface area contributed by atoms with Crippen molar-refractivity contribution in [2.45, 2.75) is 4.90 Å². The monoisotopic (exact) mass is 348 g/mol. The molecule has 3 aromatic rings. The van der Waals surface area contributed by atoms with E-state index in [2.05, 4.69) is 9.97 Å². The van der Waals surface area contributed by atoms with Gasteiger partial charge in [-0.15, -0.1) is 0 Å². The Hall–Kier alpha value is -2.38. The highest BCUT2D eigenvalue weighted by Gasteiger charge is 2.22. The molecule has 2 aromatic carbocycles. The molecular weight excluding hydrogens is 336 g/mol. The van der Waals surface area contributed by atoms with Crippen molar-refractivity contribution in [1.29, 1.82) is 0 Å². The Morgan fingerprint density at radius 3 is 2.52 bits per heavy atom. The number of aromatic nitrogens is 2. The van der Waals surface area contributed by atoms with E-state index in [0.29, 0.717) is 21.7 Å². The molecule has 0 aliphatic heterocycles. The third-order valence-electron chi connectivity index (χ3n) is 3.37. The maximum absolute atomic E-state index is 12.6. The van der Waals surface area contributed by atoms with Crippen molar-refractivity contribution in [3.05, 3.63) is 53.7 Å². The van der Waals surface area contributed by atoms with Gasteiger partial charge in [0, 0.05) is 12.7 Å². The first-order valence-electron chi connectivity index (χ1n) is 6.65. The van der Waals surface area contributed by atoms with Crippen molar-refractivity contribution in [3.63, 3.8) is 0 Å². The van der Waals surface area contributed by atoms with Crippen LogP contribution in [0.5, 0.6) is 0 Å². The zero-order valence-corrected chi connectivity index (χ0v) is 13.7. The SMILES string of the molecule is CN(c1cnc2c(Cl)cccc2n1)S(=O)(=O)c1ccc(N)cc1. The Bertz CT molecular complexity index is 974. The number of nitrogens with zero attached hydrogens (tertiary/aromatic N) is 3. The first-order valence-corrected chi connectivity index (χ1v) is 8.47. The smallest absolute Gasteiger partial charge is 0.265 e. The van der Waals surface area contributed by atoms with Gasteiger partial charge in [0.25, 0.3) is 10.0 Å². The van der Waals surface area contributed by atoms with Gasteiger partial charge in [0.2, 0.25) is 0 Å². The van der Waals surface area contributed by atoms with Gasteiger partial charge in [-0.2, -0.15) is 0 Å². The second kappa shape index (κ2) is 5.68. The third kappa shape index (κ3) is 2.80. The highest BCUT2D eigenvalue weighted by Crippen LogP contribution is 2.25. The van der Waals surface area contributed by atoms with Crippen LogP contribution < -0.4 is 10.0 Å². The van der Waals surface area contributed by atoms with Gasteiger partial charge in [-0.25, -0.2) is 18.4 Å². The van der Waals surface area contributed by atoms with Gasteiger partial charge >= 0.3 is 0 Å². The second-order valence-electron chi connectivity index (χ2n) is 4.88. The molecule has 0 aliphatic carbocycles. The van der Waals surface area contributed by atoms with Crippen LogP contribution in [0.25, 0.3) is 11.0 Å². The number of hydrogen-bond donors (Lipinski definition) is 1. The summed E-state index contributed by atoms with van der Waals surface area (Å²) in [5, 5.41) is 0.464. The van der Waals surface area contributed by atoms with Crippen molar-refractivity contribution in [2.75, 3.05) is 17.1 Å². The summed E-state index contributed by atoms with van der Waals surface area (Å²) in [6, 6.07) is 11.1. The molecule has 2 N–H and O–H groups in total. The number of para-hydroxylation sites is 1. The van der Waals surface area contributed by atoms with Crippen LogP contribution in [-0.2, 0) is 10.0 Å². The quantitative estimate of drug-likeness (QED) is 0.735. The zero-order valence-electron chi connectivity index (χ0n) is 12.1. The fourth-order valence-electron chi connectivity index (χ4n) is 2.07. The Balaban J connectivity index is 2.05. The number of benzene rings is 2. The van der Waals surface area contributed by atoms with Crippen LogP contribution in [0.15, 0.2) is 53.6 Å². The van der Waals surface area contributed by atoms with E-state index in [1.54, 1.807) is 18.2 Å². The molecule has 23 heavy (non-hydrogen) atoms. The molecule has 3 rings (SSSR count). The number of halogens is 1. The van der Waals surface area contributed by atoms with E-state index >= 15 is 0 Å². The van der Waals surface area contributed by atoms with Crippen molar-refractivity contribution < 1.29 is 8.42 Å². The predicted octanol–water partition coefficient (Wildman–Crippen LogP) is 2.69. The summed E-state index contributed by atoms with van der Waals surface area (Å²) in [7, 11) is -2.32. The molecule has 1 heterocycles. The number of fused-ring (bicyclic) bond motifs is 1. The summed E-state index contributed by atoms with van der Waals surface area (Å²) >= 11 is 6.04. The highest BCUT2D eigenvalue weighted by molar-refractivity contribution is 7.92. The molecule has 0 amide bonds. The van der Waals surface area contributed by atoms with Gasteiger partial charge in [0.05, 0.1) is 21.6 Å². The first kappa shape index (κ1) is 15.5. The van der Waals surface area contributed by atoms with E-state index < -0.39 is 10.0 Å². The average molecular weight is 349 g/mol. The normalized spacial score (nSPS) is 11.6. The summed E-state index contributed by atoms with van der Waals surface area (Å²) in [6.07, 6.45) is 1.38. The van der Waals surface area contributed by atoms with E-state index in [-0.39, 0.29) is 10.7 Å². The predicted molar refractivity (Wildman–Crippen MR) is 91.0 cm³/mol. The van der Waals surface area contributed by atoms with E-state index in [1.165, 1.54) is 37.5 Å². The van der Waals surface area contributed by atoms with Gasteiger partial charge < -0.3 is 5.73 Å². The Kier molecular flexibility index (Phi) is 3.83. The number of hydrogen-bond acceptors (Lipinski definition) is 5. The molecule has 0 bridgehead atoms. The summed E-state index contributed by atoms with van der Waals surface area (Å²) < 4.78 is 26.4. The third-order valence-corrected chi connectivity index (χ3v) is 5.45. The molecule has 118 valence electrons. The molecule has 6 nitrogen and oxygen atoms in total. The van der Waals surface area contributed by atoms with Crippen molar-refractivity contribution in [2.24, 2.45) is 0 Å². The molecule has 0 aliphatic rings. The molecule has 0 atom stereocenters. The number of nitrogen functional groups attached to an aromatic ring is 1. The van der Waals surface area contributed by atoms with Crippen molar-refractivity contribution in [3.8, 4) is 0 Å². The number of sulfonamides is 1. The molecule has 0 unspecified atom stereocenters. The fraction of sp³-hybridized carbons (Fsp3) is 0.0667. The van der Waals surface area contributed by atoms with Crippen LogP contribution in [0.4, 0.5) is 11.5 Å². The molecule has 8 heteroatoms. The molecular formula is C15H13ClN4O2S. The number of nitrogens with two attached hydrogens (primary N) is 1. The lowest BCUT2D eigenvalue weighted by Crippen LogP contribution is -2.27. The molecule has 0 saturated heterocycles. The van der Waals surface area contributed by atoms with Gasteiger partial charge in [-0.1, -0.05) is 17.7 Å². The fourth-order valence-corrected chi connectivity index (χ4v) is 3.42. The maximum Gasteiger partial charge on any atom is 0.265 e. The first-order chi connectivity index (χ1) is 10.9. The minimum absolute atomic E-state index is 0.127. The second-order valence-corrected chi connectivity index (χ2v) is 7.25. The van der Waals surface area contributed by atoms with Crippen LogP contribution in [-0.4, -0.2) is 25.4 Å². The zero-order chi connectivity index (χ0) is 16.6. The van der Waals surface area contributed by atoms with Gasteiger partial charge in [-0.3, -0.25) is 4.31 Å². The van der Waals surface area contributed by atoms with E-state index in [9.17, 15) is 8.42 Å². The van der Waals surface area contributed by atoms with Crippen LogP contribution in [0.1, 0.15) is 0 Å². The minimum Gasteiger partial charge on any atom is -0.399 e. The molecule has 0 fully saturated rings. The van der Waals surface area contributed by atoms with E-state index in [4.69, 9.17) is 17.3 Å². The van der Waals surface area contributed by atoms with Crippen LogP contribution in [0, 0.1) is 0 Å². The van der Waals surface area contributed by atoms with E-state index in [0.717, 1.165) is 4.31 Å². The lowest BCUT2D eigenvalue weighted by Gasteiger charge is -2.18. The topological polar surface area (TPSA) is 89.2 Å². The summed E-state index contributed by atoms with van der Waals surface area (Å²) in [4.78, 5) is 8.65. The minimum atomic E-state index is -3.75. The largest absolute Gasteiger partial charge is 0.399 e. The number of rotatable bonds is 3. The standard InChI is InChI=1S/C15H13ClN4O2S/c1-20(23(21,22)11-7-5-10(17)6-8-11)14-9-18-15-12(16)3-2-4-13(15)19-14/h2-9H,17H2,1H3. The maximum atomic E-state index is 12.6. The lowest BCUT2D eigenvalue weighted by atomic mass is 10.3. The Labute approximate surface area is 138 Å². The van der Waals surface area contributed by atoms with Crippen molar-refractivity contribution >= 4 is 44.2 Å². The molecule has 0 spiro atoms. The Morgan fingerprint density at radius 1 is 1.13 bits per heavy atom. The van der Waals surface area contributed by atoms with E-state index in [1.807, 2.05) is 0 Å².